The fraction of sp³-hybridized carbons (Fsp3) is 1.00. The van der Waals surface area contributed by atoms with E-state index in [9.17, 15) is 0 Å². The highest BCUT2D eigenvalue weighted by molar-refractivity contribution is 6.30. The van der Waals surface area contributed by atoms with Crippen LogP contribution in [0.3, 0.4) is 0 Å². The SMILES string of the molecule is ClC1C2C3C2[C@@H](Cl)C1[C@@H]3Cl. The van der Waals surface area contributed by atoms with Gasteiger partial charge in [-0.25, -0.2) is 0 Å². The lowest BCUT2D eigenvalue weighted by Crippen LogP contribution is -2.17. The number of rotatable bonds is 0. The number of hydrogen-bond acceptors (Lipinski definition) is 0. The molecule has 0 aromatic heterocycles. The zero-order valence-electron chi connectivity index (χ0n) is 5.18. The molecule has 4 saturated carbocycles. The van der Waals surface area contributed by atoms with Crippen LogP contribution in [0.1, 0.15) is 0 Å². The Bertz CT molecular complexity index is 146. The number of alkyl halides is 3. The third-order valence-corrected chi connectivity index (χ3v) is 5.14. The van der Waals surface area contributed by atoms with E-state index in [1.54, 1.807) is 0 Å². The van der Waals surface area contributed by atoms with Gasteiger partial charge >= 0.3 is 0 Å². The normalized spacial score (nSPS) is 76.5. The van der Waals surface area contributed by atoms with E-state index in [4.69, 9.17) is 34.8 Å². The lowest BCUT2D eigenvalue weighted by Gasteiger charge is -2.11. The van der Waals surface area contributed by atoms with Gasteiger partial charge in [0.15, 0.2) is 0 Å². The number of halogens is 3. The summed E-state index contributed by atoms with van der Waals surface area (Å²) in [4.78, 5) is 0. The number of hydrogen-bond donors (Lipinski definition) is 0. The van der Waals surface area contributed by atoms with E-state index in [0.717, 1.165) is 0 Å². The second-order valence-electron chi connectivity index (χ2n) is 3.64. The van der Waals surface area contributed by atoms with Crippen molar-refractivity contribution in [3.8, 4) is 0 Å². The van der Waals surface area contributed by atoms with Crippen molar-refractivity contribution in [3.63, 3.8) is 0 Å². The summed E-state index contributed by atoms with van der Waals surface area (Å²) >= 11 is 18.4. The fourth-order valence-corrected chi connectivity index (χ4v) is 5.13. The van der Waals surface area contributed by atoms with Crippen LogP contribution >= 0.6 is 34.8 Å². The Balaban J connectivity index is 2.06. The molecule has 4 rings (SSSR count). The monoisotopic (exact) mass is 196 g/mol. The van der Waals surface area contributed by atoms with Crippen molar-refractivity contribution in [1.29, 1.82) is 0 Å². The van der Waals surface area contributed by atoms with E-state index in [-0.39, 0.29) is 0 Å². The molecular weight excluding hydrogens is 190 g/mol. The van der Waals surface area contributed by atoms with Crippen LogP contribution in [0.4, 0.5) is 0 Å². The molecule has 0 aromatic rings. The average molecular weight is 197 g/mol. The first-order chi connectivity index (χ1) is 4.73. The minimum Gasteiger partial charge on any atom is -0.122 e. The summed E-state index contributed by atoms with van der Waals surface area (Å²) in [6.45, 7) is 0. The van der Waals surface area contributed by atoms with E-state index in [2.05, 4.69) is 0 Å². The Hall–Kier alpha value is 0.870. The van der Waals surface area contributed by atoms with Gasteiger partial charge in [-0.05, 0) is 17.8 Å². The quantitative estimate of drug-likeness (QED) is 0.523. The molecule has 0 spiro atoms. The summed E-state index contributed by atoms with van der Waals surface area (Å²) in [5.74, 6) is 2.44. The van der Waals surface area contributed by atoms with Crippen LogP contribution in [0.2, 0.25) is 0 Å². The minimum atomic E-state index is 0.292. The van der Waals surface area contributed by atoms with Crippen molar-refractivity contribution >= 4 is 34.8 Å². The molecule has 0 heterocycles. The van der Waals surface area contributed by atoms with Gasteiger partial charge in [-0.15, -0.1) is 34.8 Å². The lowest BCUT2D eigenvalue weighted by molar-refractivity contribution is 0.622. The molecule has 5 atom stereocenters. The second-order valence-corrected chi connectivity index (χ2v) is 5.15. The van der Waals surface area contributed by atoms with Crippen LogP contribution < -0.4 is 0 Å². The molecule has 0 saturated heterocycles. The van der Waals surface area contributed by atoms with Gasteiger partial charge in [0, 0.05) is 22.0 Å². The highest BCUT2D eigenvalue weighted by Gasteiger charge is 2.77. The van der Waals surface area contributed by atoms with Gasteiger partial charge in [0.25, 0.3) is 0 Å². The zero-order valence-corrected chi connectivity index (χ0v) is 7.44. The highest BCUT2D eigenvalue weighted by Crippen LogP contribution is 2.74. The molecule has 4 aliphatic carbocycles. The smallest absolute Gasteiger partial charge is 0.0427 e. The molecule has 0 aliphatic heterocycles. The molecule has 0 radical (unpaired) electrons. The molecule has 4 fully saturated rings. The summed E-state index contributed by atoms with van der Waals surface area (Å²) in [7, 11) is 0. The van der Waals surface area contributed by atoms with Crippen LogP contribution in [0.25, 0.3) is 0 Å². The topological polar surface area (TPSA) is 0 Å². The van der Waals surface area contributed by atoms with E-state index in [0.29, 0.717) is 39.8 Å². The highest BCUT2D eigenvalue weighted by atomic mass is 35.5. The Labute approximate surface area is 74.8 Å². The standard InChI is InChI=1S/C7H7Cl3/c8-5-1-2-3(1)7(10)4(5)6(2)9/h1-7H/t1?,2?,3?,4?,5-,6-,7?/m1/s1. The van der Waals surface area contributed by atoms with Crippen molar-refractivity contribution in [1.82, 2.24) is 0 Å². The third-order valence-electron chi connectivity index (χ3n) is 3.40. The van der Waals surface area contributed by atoms with Crippen LogP contribution in [-0.4, -0.2) is 16.1 Å². The molecule has 0 N–H and O–H groups in total. The first-order valence-electron chi connectivity index (χ1n) is 3.65. The molecule has 3 unspecified atom stereocenters. The van der Waals surface area contributed by atoms with E-state index >= 15 is 0 Å². The van der Waals surface area contributed by atoms with Crippen LogP contribution in [0.15, 0.2) is 0 Å². The Kier molecular flexibility index (Phi) is 1.04. The van der Waals surface area contributed by atoms with Crippen molar-refractivity contribution in [3.05, 3.63) is 0 Å². The van der Waals surface area contributed by atoms with Crippen LogP contribution in [0.5, 0.6) is 0 Å². The maximum atomic E-state index is 6.12. The van der Waals surface area contributed by atoms with E-state index in [1.807, 2.05) is 0 Å². The molecular formula is C7H7Cl3. The fourth-order valence-electron chi connectivity index (χ4n) is 2.96. The molecule has 0 amide bonds. The summed E-state index contributed by atoms with van der Waals surface area (Å²) in [5, 5.41) is 0.875. The van der Waals surface area contributed by atoms with Crippen molar-refractivity contribution < 1.29 is 0 Å². The maximum Gasteiger partial charge on any atom is 0.0427 e. The molecule has 3 heteroatoms. The van der Waals surface area contributed by atoms with E-state index in [1.165, 1.54) is 0 Å². The van der Waals surface area contributed by atoms with Crippen molar-refractivity contribution in [2.75, 3.05) is 0 Å². The average Bonchev–Trinajstić information content (AvgIpc) is 2.39. The van der Waals surface area contributed by atoms with Gasteiger partial charge < -0.3 is 0 Å². The lowest BCUT2D eigenvalue weighted by atomic mass is 10.1. The molecule has 0 aromatic carbocycles. The molecule has 56 valence electrons. The first-order valence-corrected chi connectivity index (χ1v) is 4.96. The zero-order chi connectivity index (χ0) is 7.04. The predicted molar refractivity (Wildman–Crippen MR) is 42.9 cm³/mol. The van der Waals surface area contributed by atoms with Crippen LogP contribution in [0, 0.1) is 23.7 Å². The minimum absolute atomic E-state index is 0.292. The van der Waals surface area contributed by atoms with E-state index < -0.39 is 0 Å². The maximum absolute atomic E-state index is 6.12. The van der Waals surface area contributed by atoms with Gasteiger partial charge in [-0.3, -0.25) is 0 Å². The summed E-state index contributed by atoms with van der Waals surface area (Å²) in [6, 6.07) is 0. The predicted octanol–water partition coefficient (Wildman–Crippen LogP) is 2.31. The van der Waals surface area contributed by atoms with Crippen molar-refractivity contribution in [2.45, 2.75) is 16.1 Å². The largest absolute Gasteiger partial charge is 0.122 e. The van der Waals surface area contributed by atoms with Crippen molar-refractivity contribution in [2.24, 2.45) is 23.7 Å². The summed E-state index contributed by atoms with van der Waals surface area (Å²) in [6.07, 6.45) is 0. The molecule has 4 bridgehead atoms. The van der Waals surface area contributed by atoms with Gasteiger partial charge in [0.1, 0.15) is 0 Å². The van der Waals surface area contributed by atoms with Gasteiger partial charge in [-0.2, -0.15) is 0 Å². The van der Waals surface area contributed by atoms with Gasteiger partial charge in [-0.1, -0.05) is 0 Å². The third kappa shape index (κ3) is 0.452. The molecule has 10 heavy (non-hydrogen) atoms. The Morgan fingerprint density at radius 1 is 0.500 bits per heavy atom. The second kappa shape index (κ2) is 1.62. The Morgan fingerprint density at radius 3 is 0.900 bits per heavy atom. The summed E-state index contributed by atoms with van der Waals surface area (Å²) < 4.78 is 0. The van der Waals surface area contributed by atoms with Crippen LogP contribution in [-0.2, 0) is 0 Å². The Morgan fingerprint density at radius 2 is 0.800 bits per heavy atom. The van der Waals surface area contributed by atoms with Gasteiger partial charge in [0.2, 0.25) is 0 Å². The summed E-state index contributed by atoms with van der Waals surface area (Å²) in [5.41, 5.74) is 0. The molecule has 4 aliphatic rings. The first kappa shape index (κ1) is 6.39. The molecule has 0 nitrogen and oxygen atoms in total. The van der Waals surface area contributed by atoms with Gasteiger partial charge in [0.05, 0.1) is 0 Å².